The van der Waals surface area contributed by atoms with E-state index in [4.69, 9.17) is 4.74 Å². The zero-order valence-electron chi connectivity index (χ0n) is 18.0. The molecule has 3 aromatic rings. The minimum absolute atomic E-state index is 0.0257. The highest BCUT2D eigenvalue weighted by molar-refractivity contribution is 5.79. The Labute approximate surface area is 183 Å². The first-order valence-electron chi connectivity index (χ1n) is 10.3. The number of nitrogens with zero attached hydrogens (tertiary/aromatic N) is 1. The molecule has 0 heterocycles. The highest BCUT2D eigenvalue weighted by atomic mass is 16.5. The number of hydrogen-bond acceptors (Lipinski definition) is 3. The van der Waals surface area contributed by atoms with Gasteiger partial charge in [0.15, 0.2) is 0 Å². The second kappa shape index (κ2) is 11.0. The minimum atomic E-state index is -0.412. The van der Waals surface area contributed by atoms with Crippen LogP contribution in [-0.4, -0.2) is 23.8 Å². The van der Waals surface area contributed by atoms with Gasteiger partial charge in [0.1, 0.15) is 5.75 Å². The molecule has 1 N–H and O–H groups in total. The summed E-state index contributed by atoms with van der Waals surface area (Å²) in [7, 11) is 1.61. The summed E-state index contributed by atoms with van der Waals surface area (Å²) < 4.78 is 5.22. The Bertz CT molecular complexity index is 931. The summed E-state index contributed by atoms with van der Waals surface area (Å²) in [6.07, 6.45) is 0.172. The van der Waals surface area contributed by atoms with Crippen LogP contribution in [-0.2, 0) is 22.7 Å². The molecule has 0 bridgehead atoms. The Morgan fingerprint density at radius 3 is 1.81 bits per heavy atom. The van der Waals surface area contributed by atoms with Gasteiger partial charge in [0.25, 0.3) is 0 Å². The average Bonchev–Trinajstić information content (AvgIpc) is 2.79. The van der Waals surface area contributed by atoms with Crippen LogP contribution >= 0.6 is 0 Å². The summed E-state index contributed by atoms with van der Waals surface area (Å²) in [5.74, 6) is 0.528. The van der Waals surface area contributed by atoms with E-state index in [2.05, 4.69) is 5.32 Å². The van der Waals surface area contributed by atoms with E-state index in [1.807, 2.05) is 89.8 Å². The lowest BCUT2D eigenvalue weighted by Gasteiger charge is -2.26. The van der Waals surface area contributed by atoms with Gasteiger partial charge in [-0.1, -0.05) is 72.8 Å². The maximum absolute atomic E-state index is 13.4. The predicted molar refractivity (Wildman–Crippen MR) is 121 cm³/mol. The summed E-state index contributed by atoms with van der Waals surface area (Å²) in [5, 5.41) is 2.92. The third-order valence-corrected chi connectivity index (χ3v) is 5.06. The lowest BCUT2D eigenvalue weighted by Crippen LogP contribution is -2.35. The number of carbonyl (C=O) groups excluding carboxylic acids is 2. The van der Waals surface area contributed by atoms with Crippen molar-refractivity contribution in [1.29, 1.82) is 0 Å². The number of carbonyl (C=O) groups is 2. The third kappa shape index (κ3) is 6.71. The van der Waals surface area contributed by atoms with Crippen LogP contribution in [0.15, 0.2) is 84.9 Å². The smallest absolute Gasteiger partial charge is 0.225 e. The SMILES string of the molecule is COc1ccc(C(CC(=O)N(Cc2ccccc2)Cc2ccccc2)NC(C)=O)cc1. The molecule has 0 saturated heterocycles. The maximum atomic E-state index is 13.4. The minimum Gasteiger partial charge on any atom is -0.497 e. The molecule has 0 radical (unpaired) electrons. The highest BCUT2D eigenvalue weighted by Gasteiger charge is 2.22. The van der Waals surface area contributed by atoms with Crippen molar-refractivity contribution in [2.75, 3.05) is 7.11 Å². The molecule has 0 aliphatic rings. The number of benzene rings is 3. The first-order valence-corrected chi connectivity index (χ1v) is 10.3. The molecule has 5 nitrogen and oxygen atoms in total. The van der Waals surface area contributed by atoms with Gasteiger partial charge in [-0.25, -0.2) is 0 Å². The Hall–Kier alpha value is -3.60. The van der Waals surface area contributed by atoms with E-state index in [0.29, 0.717) is 13.1 Å². The first kappa shape index (κ1) is 22.1. The molecule has 3 aromatic carbocycles. The van der Waals surface area contributed by atoms with Crippen molar-refractivity contribution in [3.05, 3.63) is 102 Å². The molecule has 1 atom stereocenters. The molecular weight excluding hydrogens is 388 g/mol. The normalized spacial score (nSPS) is 11.4. The number of rotatable bonds is 9. The van der Waals surface area contributed by atoms with Crippen LogP contribution in [0.25, 0.3) is 0 Å². The van der Waals surface area contributed by atoms with Gasteiger partial charge in [-0.3, -0.25) is 9.59 Å². The fraction of sp³-hybridized carbons (Fsp3) is 0.231. The number of ether oxygens (including phenoxy) is 1. The molecule has 0 aliphatic heterocycles. The molecule has 0 saturated carbocycles. The Balaban J connectivity index is 1.81. The van der Waals surface area contributed by atoms with E-state index in [1.54, 1.807) is 7.11 Å². The second-order valence-corrected chi connectivity index (χ2v) is 7.45. The molecule has 160 valence electrons. The highest BCUT2D eigenvalue weighted by Crippen LogP contribution is 2.22. The maximum Gasteiger partial charge on any atom is 0.225 e. The van der Waals surface area contributed by atoms with Crippen LogP contribution in [0, 0.1) is 0 Å². The summed E-state index contributed by atoms with van der Waals surface area (Å²) >= 11 is 0. The van der Waals surface area contributed by atoms with Gasteiger partial charge in [0.2, 0.25) is 11.8 Å². The zero-order chi connectivity index (χ0) is 22.1. The molecule has 0 aliphatic carbocycles. The van der Waals surface area contributed by atoms with Gasteiger partial charge in [-0.15, -0.1) is 0 Å². The van der Waals surface area contributed by atoms with Gasteiger partial charge in [0, 0.05) is 20.0 Å². The molecule has 1 unspecified atom stereocenters. The van der Waals surface area contributed by atoms with Crippen LogP contribution in [0.1, 0.15) is 36.1 Å². The van der Waals surface area contributed by atoms with E-state index in [1.165, 1.54) is 6.92 Å². The number of amides is 2. The molecule has 3 rings (SSSR count). The van der Waals surface area contributed by atoms with Crippen molar-refractivity contribution in [3.8, 4) is 5.75 Å². The van der Waals surface area contributed by atoms with Crippen LogP contribution in [0.5, 0.6) is 5.75 Å². The molecule has 0 aromatic heterocycles. The Morgan fingerprint density at radius 1 is 0.839 bits per heavy atom. The van der Waals surface area contributed by atoms with E-state index in [0.717, 1.165) is 22.4 Å². The van der Waals surface area contributed by atoms with Crippen molar-refractivity contribution >= 4 is 11.8 Å². The molecule has 2 amide bonds. The summed E-state index contributed by atoms with van der Waals surface area (Å²) in [4.78, 5) is 27.0. The quantitative estimate of drug-likeness (QED) is 0.559. The van der Waals surface area contributed by atoms with Gasteiger partial charge in [-0.05, 0) is 28.8 Å². The summed E-state index contributed by atoms with van der Waals surface area (Å²) in [6, 6.07) is 26.9. The lowest BCUT2D eigenvalue weighted by atomic mass is 10.0. The van der Waals surface area contributed by atoms with Crippen molar-refractivity contribution < 1.29 is 14.3 Å². The van der Waals surface area contributed by atoms with Crippen LogP contribution < -0.4 is 10.1 Å². The Kier molecular flexibility index (Phi) is 7.82. The molecule has 0 fully saturated rings. The van der Waals surface area contributed by atoms with Crippen molar-refractivity contribution in [2.24, 2.45) is 0 Å². The number of hydrogen-bond donors (Lipinski definition) is 1. The van der Waals surface area contributed by atoms with E-state index in [9.17, 15) is 9.59 Å². The summed E-state index contributed by atoms with van der Waals surface area (Å²) in [5.41, 5.74) is 2.99. The van der Waals surface area contributed by atoms with E-state index < -0.39 is 6.04 Å². The monoisotopic (exact) mass is 416 g/mol. The van der Waals surface area contributed by atoms with Crippen molar-refractivity contribution in [2.45, 2.75) is 32.5 Å². The van der Waals surface area contributed by atoms with Gasteiger partial charge in [0.05, 0.1) is 19.6 Å². The molecular formula is C26H28N2O3. The van der Waals surface area contributed by atoms with Crippen LogP contribution in [0.2, 0.25) is 0 Å². The Morgan fingerprint density at radius 2 is 1.35 bits per heavy atom. The standard InChI is InChI=1S/C26H28N2O3/c1-20(29)27-25(23-13-15-24(31-2)16-14-23)17-26(30)28(18-21-9-5-3-6-10-21)19-22-11-7-4-8-12-22/h3-16,25H,17-19H2,1-2H3,(H,27,29). The predicted octanol–water partition coefficient (Wildman–Crippen LogP) is 4.49. The van der Waals surface area contributed by atoms with Crippen molar-refractivity contribution in [1.82, 2.24) is 10.2 Å². The largest absolute Gasteiger partial charge is 0.497 e. The van der Waals surface area contributed by atoms with Crippen molar-refractivity contribution in [3.63, 3.8) is 0 Å². The zero-order valence-corrected chi connectivity index (χ0v) is 18.0. The van der Waals surface area contributed by atoms with E-state index in [-0.39, 0.29) is 18.2 Å². The molecule has 0 spiro atoms. The van der Waals surface area contributed by atoms with Crippen LogP contribution in [0.3, 0.4) is 0 Å². The van der Waals surface area contributed by atoms with Crippen LogP contribution in [0.4, 0.5) is 0 Å². The average molecular weight is 417 g/mol. The first-order chi connectivity index (χ1) is 15.0. The van der Waals surface area contributed by atoms with Gasteiger partial charge >= 0.3 is 0 Å². The van der Waals surface area contributed by atoms with Gasteiger partial charge in [-0.2, -0.15) is 0 Å². The van der Waals surface area contributed by atoms with Gasteiger partial charge < -0.3 is 15.0 Å². The fourth-order valence-electron chi connectivity index (χ4n) is 3.48. The number of nitrogens with one attached hydrogen (secondary N) is 1. The molecule has 31 heavy (non-hydrogen) atoms. The molecule has 5 heteroatoms. The fourth-order valence-corrected chi connectivity index (χ4v) is 3.48. The topological polar surface area (TPSA) is 58.6 Å². The number of methoxy groups -OCH3 is 1. The summed E-state index contributed by atoms with van der Waals surface area (Å²) in [6.45, 7) is 2.47. The lowest BCUT2D eigenvalue weighted by molar-refractivity contribution is -0.133. The van der Waals surface area contributed by atoms with E-state index >= 15 is 0 Å². The third-order valence-electron chi connectivity index (χ3n) is 5.06. The second-order valence-electron chi connectivity index (χ2n) is 7.45.